The van der Waals surface area contributed by atoms with E-state index in [1.54, 1.807) is 50.8 Å². The van der Waals surface area contributed by atoms with Crippen LogP contribution in [0.15, 0.2) is 18.2 Å². The molecule has 1 rings (SSSR count). The van der Waals surface area contributed by atoms with E-state index in [1.165, 1.54) is 0 Å². The normalized spacial score (nSPS) is 14.3. The van der Waals surface area contributed by atoms with Crippen molar-refractivity contribution in [1.29, 1.82) is 0 Å². The van der Waals surface area contributed by atoms with Crippen molar-refractivity contribution in [1.82, 2.24) is 15.5 Å². The number of nitrogens with zero attached hydrogens (tertiary/aromatic N) is 1. The van der Waals surface area contributed by atoms with Crippen LogP contribution in [0, 0.1) is 12.8 Å². The molecule has 3 N–H and O–H groups in total. The smallest absolute Gasteiger partial charge is 0.408 e. The molecule has 0 aliphatic carbocycles. The first-order chi connectivity index (χ1) is 17.0. The SMILES string of the molecule is CCCCCNC(=O)C(c1ccc(O)c(C)c1)N(C(=O)C(NC(=O)OC(C)(C)C)C(C)CC)C(C)(C)C. The number of carbonyl (C=O) groups excluding carboxylic acids is 3. The van der Waals surface area contributed by atoms with E-state index >= 15 is 0 Å². The first-order valence-electron chi connectivity index (χ1n) is 13.4. The number of hydrogen-bond acceptors (Lipinski definition) is 5. The first-order valence-corrected chi connectivity index (χ1v) is 13.4. The molecular weight excluding hydrogens is 470 g/mol. The molecule has 0 aliphatic rings. The number of aryl methyl sites for hydroxylation is 1. The Labute approximate surface area is 223 Å². The number of unbranched alkanes of at least 4 members (excludes halogenated alkanes) is 2. The standard InChI is InChI=1S/C29H49N3O5/c1-11-13-14-17-30-25(34)24(21-15-16-22(33)20(4)18-21)32(28(5,6)7)26(35)23(19(3)12-2)31-27(36)37-29(8,9)10/h15-16,18-19,23-24,33H,11-14,17H2,1-10H3,(H,30,34)(H,31,36). The number of phenols is 1. The Morgan fingerprint density at radius 2 is 1.68 bits per heavy atom. The van der Waals surface area contributed by atoms with Crippen LogP contribution in [0.5, 0.6) is 5.75 Å². The van der Waals surface area contributed by atoms with Crippen molar-refractivity contribution < 1.29 is 24.2 Å². The Morgan fingerprint density at radius 3 is 2.16 bits per heavy atom. The average Bonchev–Trinajstić information content (AvgIpc) is 2.77. The van der Waals surface area contributed by atoms with Gasteiger partial charge in [0.1, 0.15) is 23.4 Å². The van der Waals surface area contributed by atoms with E-state index in [4.69, 9.17) is 4.74 Å². The van der Waals surface area contributed by atoms with Gasteiger partial charge in [-0.3, -0.25) is 9.59 Å². The maximum atomic E-state index is 14.3. The van der Waals surface area contributed by atoms with Gasteiger partial charge >= 0.3 is 6.09 Å². The van der Waals surface area contributed by atoms with Gasteiger partial charge in [-0.25, -0.2) is 4.79 Å². The van der Waals surface area contributed by atoms with Crippen LogP contribution < -0.4 is 10.6 Å². The number of carbonyl (C=O) groups is 3. The molecule has 3 atom stereocenters. The quantitative estimate of drug-likeness (QED) is 0.329. The van der Waals surface area contributed by atoms with Gasteiger partial charge in [0.15, 0.2) is 0 Å². The second-order valence-electron chi connectivity index (χ2n) is 11.8. The van der Waals surface area contributed by atoms with Crippen molar-refractivity contribution in [3.05, 3.63) is 29.3 Å². The highest BCUT2D eigenvalue weighted by Gasteiger charge is 2.43. The Kier molecular flexibility index (Phi) is 11.9. The Hall–Kier alpha value is -2.77. The van der Waals surface area contributed by atoms with Gasteiger partial charge in [0, 0.05) is 12.1 Å². The topological polar surface area (TPSA) is 108 Å². The number of amides is 3. The molecule has 8 nitrogen and oxygen atoms in total. The van der Waals surface area contributed by atoms with Crippen molar-refractivity contribution in [3.63, 3.8) is 0 Å². The minimum Gasteiger partial charge on any atom is -0.508 e. The van der Waals surface area contributed by atoms with Crippen LogP contribution in [0.25, 0.3) is 0 Å². The lowest BCUT2D eigenvalue weighted by atomic mass is 9.91. The summed E-state index contributed by atoms with van der Waals surface area (Å²) in [6, 6.07) is 3.09. The van der Waals surface area contributed by atoms with Crippen LogP contribution in [-0.4, -0.2) is 51.6 Å². The van der Waals surface area contributed by atoms with E-state index in [0.29, 0.717) is 24.1 Å². The Balaban J connectivity index is 3.57. The molecule has 0 aliphatic heterocycles. The summed E-state index contributed by atoms with van der Waals surface area (Å²) in [5.74, 6) is -0.764. The van der Waals surface area contributed by atoms with Crippen LogP contribution in [0.1, 0.15) is 105 Å². The lowest BCUT2D eigenvalue weighted by Crippen LogP contribution is -2.60. The molecule has 210 valence electrons. The lowest BCUT2D eigenvalue weighted by molar-refractivity contribution is -0.149. The Morgan fingerprint density at radius 1 is 1.05 bits per heavy atom. The van der Waals surface area contributed by atoms with Gasteiger partial charge < -0.3 is 25.4 Å². The molecule has 3 unspecified atom stereocenters. The third kappa shape index (κ3) is 9.90. The van der Waals surface area contributed by atoms with Gasteiger partial charge in [-0.15, -0.1) is 0 Å². The second-order valence-corrected chi connectivity index (χ2v) is 11.8. The number of ether oxygens (including phenoxy) is 1. The number of benzene rings is 1. The van der Waals surface area contributed by atoms with Crippen molar-refractivity contribution in [2.45, 2.75) is 118 Å². The van der Waals surface area contributed by atoms with Gasteiger partial charge in [-0.05, 0) is 84.1 Å². The molecule has 37 heavy (non-hydrogen) atoms. The molecule has 0 fully saturated rings. The van der Waals surface area contributed by atoms with Crippen molar-refractivity contribution >= 4 is 17.9 Å². The summed E-state index contributed by atoms with van der Waals surface area (Å²) in [5, 5.41) is 15.9. The molecule has 0 radical (unpaired) electrons. The van der Waals surface area contributed by atoms with Gasteiger partial charge in [0.05, 0.1) is 0 Å². The van der Waals surface area contributed by atoms with Crippen molar-refractivity contribution in [2.24, 2.45) is 5.92 Å². The number of hydrogen-bond donors (Lipinski definition) is 3. The van der Waals surface area contributed by atoms with Crippen molar-refractivity contribution in [2.75, 3.05) is 6.54 Å². The fourth-order valence-corrected chi connectivity index (χ4v) is 4.06. The lowest BCUT2D eigenvalue weighted by Gasteiger charge is -2.44. The van der Waals surface area contributed by atoms with E-state index in [-0.39, 0.29) is 23.5 Å². The van der Waals surface area contributed by atoms with Gasteiger partial charge in [0.25, 0.3) is 0 Å². The highest BCUT2D eigenvalue weighted by molar-refractivity contribution is 5.92. The van der Waals surface area contributed by atoms with Crippen LogP contribution in [0.4, 0.5) is 4.79 Å². The van der Waals surface area contributed by atoms with Crippen LogP contribution in [0.3, 0.4) is 0 Å². The number of phenolic OH excluding ortho intramolecular Hbond substituents is 1. The summed E-state index contributed by atoms with van der Waals surface area (Å²) in [6.45, 7) is 19.1. The summed E-state index contributed by atoms with van der Waals surface area (Å²) < 4.78 is 5.45. The zero-order valence-electron chi connectivity index (χ0n) is 24.5. The zero-order chi connectivity index (χ0) is 28.6. The molecule has 8 heteroatoms. The molecule has 0 saturated heterocycles. The molecule has 0 aromatic heterocycles. The summed E-state index contributed by atoms with van der Waals surface area (Å²) in [5.41, 5.74) is -0.295. The highest BCUT2D eigenvalue weighted by atomic mass is 16.6. The van der Waals surface area contributed by atoms with Crippen molar-refractivity contribution in [3.8, 4) is 5.75 Å². The van der Waals surface area contributed by atoms with Gasteiger partial charge in [0.2, 0.25) is 11.8 Å². The summed E-state index contributed by atoms with van der Waals surface area (Å²) in [6.07, 6.45) is 2.80. The molecule has 0 heterocycles. The predicted molar refractivity (Wildman–Crippen MR) is 147 cm³/mol. The molecule has 1 aromatic carbocycles. The zero-order valence-corrected chi connectivity index (χ0v) is 24.5. The number of nitrogens with one attached hydrogen (secondary N) is 2. The van der Waals surface area contributed by atoms with Crippen LogP contribution in [-0.2, 0) is 14.3 Å². The summed E-state index contributed by atoms with van der Waals surface area (Å²) >= 11 is 0. The predicted octanol–water partition coefficient (Wildman–Crippen LogP) is 5.61. The number of rotatable bonds is 11. The van der Waals surface area contributed by atoms with Crippen LogP contribution >= 0.6 is 0 Å². The molecular formula is C29H49N3O5. The fourth-order valence-electron chi connectivity index (χ4n) is 4.06. The minimum absolute atomic E-state index is 0.114. The summed E-state index contributed by atoms with van der Waals surface area (Å²) in [7, 11) is 0. The van der Waals surface area contributed by atoms with E-state index in [1.807, 2.05) is 34.6 Å². The van der Waals surface area contributed by atoms with Crippen LogP contribution in [0.2, 0.25) is 0 Å². The monoisotopic (exact) mass is 519 g/mol. The highest BCUT2D eigenvalue weighted by Crippen LogP contribution is 2.33. The maximum Gasteiger partial charge on any atom is 0.408 e. The van der Waals surface area contributed by atoms with Gasteiger partial charge in [-0.2, -0.15) is 0 Å². The molecule has 0 spiro atoms. The number of alkyl carbamates (subject to hydrolysis) is 1. The van der Waals surface area contributed by atoms with E-state index < -0.39 is 29.3 Å². The largest absolute Gasteiger partial charge is 0.508 e. The third-order valence-electron chi connectivity index (χ3n) is 6.23. The molecule has 0 saturated carbocycles. The van der Waals surface area contributed by atoms with E-state index in [2.05, 4.69) is 17.6 Å². The average molecular weight is 520 g/mol. The third-order valence-corrected chi connectivity index (χ3v) is 6.23. The van der Waals surface area contributed by atoms with E-state index in [9.17, 15) is 19.5 Å². The molecule has 3 amide bonds. The summed E-state index contributed by atoms with van der Waals surface area (Å²) in [4.78, 5) is 42.2. The molecule has 0 bridgehead atoms. The number of aromatic hydroxyl groups is 1. The van der Waals surface area contributed by atoms with Gasteiger partial charge in [-0.1, -0.05) is 46.1 Å². The minimum atomic E-state index is -0.958. The Bertz CT molecular complexity index is 917. The maximum absolute atomic E-state index is 14.3. The first kappa shape index (κ1) is 32.3. The van der Waals surface area contributed by atoms with E-state index in [0.717, 1.165) is 19.3 Å². The second kappa shape index (κ2) is 13.7. The molecule has 1 aromatic rings. The fraction of sp³-hybridized carbons (Fsp3) is 0.690.